The topological polar surface area (TPSA) is 79.5 Å². The summed E-state index contributed by atoms with van der Waals surface area (Å²) < 4.78 is 5.36. The van der Waals surface area contributed by atoms with Gasteiger partial charge in [-0.05, 0) is 62.0 Å². The molecule has 0 heterocycles. The van der Waals surface area contributed by atoms with Gasteiger partial charge in [0.05, 0.1) is 6.61 Å². The van der Waals surface area contributed by atoms with Crippen LogP contribution in [-0.2, 0) is 4.79 Å². The molecule has 0 aliphatic heterocycles. The Morgan fingerprint density at radius 1 is 1.11 bits per heavy atom. The smallest absolute Gasteiger partial charge is 0.269 e. The van der Waals surface area contributed by atoms with Gasteiger partial charge in [0, 0.05) is 11.6 Å². The molecule has 0 spiro atoms. The summed E-state index contributed by atoms with van der Waals surface area (Å²) in [4.78, 5) is 23.9. The highest BCUT2D eigenvalue weighted by atomic mass is 32.1. The Morgan fingerprint density at radius 3 is 2.52 bits per heavy atom. The molecule has 2 aromatic carbocycles. The van der Waals surface area contributed by atoms with E-state index in [9.17, 15) is 9.59 Å². The predicted octanol–water partition coefficient (Wildman–Crippen LogP) is 2.74. The molecule has 0 unspecified atom stereocenters. The Bertz CT molecular complexity index is 848. The number of hydrazine groups is 1. The van der Waals surface area contributed by atoms with Crippen LogP contribution in [0, 0.1) is 6.92 Å². The van der Waals surface area contributed by atoms with Crippen LogP contribution in [0.5, 0.6) is 5.75 Å². The van der Waals surface area contributed by atoms with Crippen molar-refractivity contribution < 1.29 is 14.3 Å². The maximum Gasteiger partial charge on any atom is 0.269 e. The monoisotopic (exact) mass is 383 g/mol. The number of thiocarbonyl (C=S) groups is 1. The second-order valence-electron chi connectivity index (χ2n) is 5.60. The van der Waals surface area contributed by atoms with Crippen molar-refractivity contribution in [3.05, 3.63) is 71.3 Å². The van der Waals surface area contributed by atoms with Crippen molar-refractivity contribution in [2.75, 3.05) is 6.61 Å². The van der Waals surface area contributed by atoms with Crippen molar-refractivity contribution in [3.63, 3.8) is 0 Å². The Balaban J connectivity index is 1.79. The fraction of sp³-hybridized carbons (Fsp3) is 0.150. The minimum atomic E-state index is -0.411. The van der Waals surface area contributed by atoms with Gasteiger partial charge in [-0.2, -0.15) is 0 Å². The number of benzene rings is 2. The van der Waals surface area contributed by atoms with Crippen LogP contribution in [0.15, 0.2) is 54.6 Å². The average molecular weight is 383 g/mol. The minimum absolute atomic E-state index is 0.00246. The van der Waals surface area contributed by atoms with E-state index in [1.807, 2.05) is 44.2 Å². The van der Waals surface area contributed by atoms with Crippen molar-refractivity contribution in [2.45, 2.75) is 13.8 Å². The molecular formula is C20H21N3O3S. The zero-order valence-corrected chi connectivity index (χ0v) is 15.9. The lowest BCUT2D eigenvalue weighted by molar-refractivity contribution is -0.115. The number of carbonyl (C=O) groups is 2. The zero-order valence-electron chi connectivity index (χ0n) is 15.1. The van der Waals surface area contributed by atoms with Crippen LogP contribution in [0.2, 0.25) is 0 Å². The summed E-state index contributed by atoms with van der Waals surface area (Å²) in [5.41, 5.74) is 7.25. The molecule has 2 amide bonds. The van der Waals surface area contributed by atoms with Gasteiger partial charge in [0.1, 0.15) is 5.75 Å². The van der Waals surface area contributed by atoms with Crippen LogP contribution in [0.25, 0.3) is 6.08 Å². The van der Waals surface area contributed by atoms with Crippen molar-refractivity contribution >= 4 is 35.2 Å². The molecule has 2 aromatic rings. The van der Waals surface area contributed by atoms with Crippen LogP contribution in [0.1, 0.15) is 28.4 Å². The Labute approximate surface area is 163 Å². The molecule has 0 saturated heterocycles. The molecule has 0 radical (unpaired) electrons. The summed E-state index contributed by atoms with van der Waals surface area (Å²) >= 11 is 4.99. The first-order chi connectivity index (χ1) is 13.0. The first-order valence-electron chi connectivity index (χ1n) is 8.37. The molecule has 0 aliphatic carbocycles. The van der Waals surface area contributed by atoms with E-state index in [2.05, 4.69) is 16.2 Å². The first-order valence-corrected chi connectivity index (χ1v) is 8.77. The fourth-order valence-electron chi connectivity index (χ4n) is 2.17. The minimum Gasteiger partial charge on any atom is -0.494 e. The molecule has 140 valence electrons. The number of aryl methyl sites for hydroxylation is 1. The highest BCUT2D eigenvalue weighted by Crippen LogP contribution is 2.12. The molecule has 6 nitrogen and oxygen atoms in total. The number of ether oxygens (including phenoxy) is 1. The Morgan fingerprint density at radius 2 is 1.85 bits per heavy atom. The van der Waals surface area contributed by atoms with Crippen molar-refractivity contribution in [1.29, 1.82) is 0 Å². The van der Waals surface area contributed by atoms with Gasteiger partial charge in [-0.3, -0.25) is 25.8 Å². The van der Waals surface area contributed by atoms with Crippen molar-refractivity contribution in [2.24, 2.45) is 0 Å². The SMILES string of the molecule is CCOc1ccc(/C=C/C(=O)NC(=S)NNC(=O)c2cccc(C)c2)cc1. The van der Waals surface area contributed by atoms with Gasteiger partial charge in [-0.25, -0.2) is 0 Å². The first kappa shape index (κ1) is 20.1. The Kier molecular flexibility index (Phi) is 7.51. The molecule has 0 aliphatic rings. The third kappa shape index (κ3) is 6.91. The summed E-state index contributed by atoms with van der Waals surface area (Å²) in [7, 11) is 0. The van der Waals surface area contributed by atoms with Crippen LogP contribution in [-0.4, -0.2) is 23.5 Å². The maximum absolute atomic E-state index is 12.0. The van der Waals surface area contributed by atoms with E-state index in [0.29, 0.717) is 12.2 Å². The number of hydrogen-bond donors (Lipinski definition) is 3. The van der Waals surface area contributed by atoms with Crippen molar-refractivity contribution in [1.82, 2.24) is 16.2 Å². The third-order valence-corrected chi connectivity index (χ3v) is 3.63. The summed E-state index contributed by atoms with van der Waals surface area (Å²) in [6, 6.07) is 14.5. The van der Waals surface area contributed by atoms with Crippen LogP contribution < -0.4 is 20.9 Å². The van der Waals surface area contributed by atoms with E-state index in [4.69, 9.17) is 17.0 Å². The van der Waals surface area contributed by atoms with E-state index >= 15 is 0 Å². The van der Waals surface area contributed by atoms with E-state index < -0.39 is 5.91 Å². The van der Waals surface area contributed by atoms with E-state index in [-0.39, 0.29) is 11.0 Å². The summed E-state index contributed by atoms with van der Waals surface area (Å²) in [5.74, 6) is 0.0141. The molecule has 3 N–H and O–H groups in total. The number of hydrogen-bond acceptors (Lipinski definition) is 4. The second-order valence-corrected chi connectivity index (χ2v) is 6.01. The molecule has 27 heavy (non-hydrogen) atoms. The molecule has 2 rings (SSSR count). The largest absolute Gasteiger partial charge is 0.494 e. The third-order valence-electron chi connectivity index (χ3n) is 3.42. The normalized spacial score (nSPS) is 10.3. The fourth-order valence-corrected chi connectivity index (χ4v) is 2.32. The second kappa shape index (κ2) is 10.1. The van der Waals surface area contributed by atoms with E-state index in [1.54, 1.807) is 24.3 Å². The van der Waals surface area contributed by atoms with Gasteiger partial charge in [0.2, 0.25) is 5.91 Å². The molecular weight excluding hydrogens is 362 g/mol. The van der Waals surface area contributed by atoms with Gasteiger partial charge in [-0.15, -0.1) is 0 Å². The van der Waals surface area contributed by atoms with E-state index in [1.165, 1.54) is 6.08 Å². The molecule has 0 aromatic heterocycles. The Hall–Kier alpha value is -3.19. The number of nitrogens with one attached hydrogen (secondary N) is 3. The van der Waals surface area contributed by atoms with E-state index in [0.717, 1.165) is 16.9 Å². The number of carbonyl (C=O) groups excluding carboxylic acids is 2. The lowest BCUT2D eigenvalue weighted by Gasteiger charge is -2.10. The van der Waals surface area contributed by atoms with Gasteiger partial charge in [0.15, 0.2) is 5.11 Å². The quantitative estimate of drug-likeness (QED) is 0.420. The van der Waals surface area contributed by atoms with Crippen LogP contribution >= 0.6 is 12.2 Å². The lowest BCUT2D eigenvalue weighted by atomic mass is 10.1. The molecule has 0 atom stereocenters. The van der Waals surface area contributed by atoms with Gasteiger partial charge in [-0.1, -0.05) is 29.8 Å². The van der Waals surface area contributed by atoms with Gasteiger partial charge in [0.25, 0.3) is 5.91 Å². The number of rotatable bonds is 5. The molecule has 0 fully saturated rings. The number of amides is 2. The summed E-state index contributed by atoms with van der Waals surface area (Å²) in [6.07, 6.45) is 3.01. The highest BCUT2D eigenvalue weighted by molar-refractivity contribution is 7.80. The maximum atomic E-state index is 12.0. The molecule has 7 heteroatoms. The van der Waals surface area contributed by atoms with Crippen LogP contribution in [0.3, 0.4) is 0 Å². The summed E-state index contributed by atoms with van der Waals surface area (Å²) in [6.45, 7) is 4.41. The zero-order chi connectivity index (χ0) is 19.6. The van der Waals surface area contributed by atoms with Gasteiger partial charge >= 0.3 is 0 Å². The molecule has 0 saturated carbocycles. The average Bonchev–Trinajstić information content (AvgIpc) is 2.66. The standard InChI is InChI=1S/C20H21N3O3S/c1-3-26-17-10-7-15(8-11-17)9-12-18(24)21-20(27)23-22-19(25)16-6-4-5-14(2)13-16/h4-13H,3H2,1-2H3,(H,22,25)(H2,21,23,24,27)/b12-9+. The van der Waals surface area contributed by atoms with Crippen LogP contribution in [0.4, 0.5) is 0 Å². The van der Waals surface area contributed by atoms with Gasteiger partial charge < -0.3 is 4.74 Å². The molecule has 0 bridgehead atoms. The predicted molar refractivity (Wildman–Crippen MR) is 109 cm³/mol. The summed E-state index contributed by atoms with van der Waals surface area (Å²) in [5, 5.41) is 2.45. The lowest BCUT2D eigenvalue weighted by Crippen LogP contribution is -2.48. The van der Waals surface area contributed by atoms with Crippen molar-refractivity contribution in [3.8, 4) is 5.75 Å². The highest BCUT2D eigenvalue weighted by Gasteiger charge is 2.06.